The minimum absolute atomic E-state index is 0.0248. The van der Waals surface area contributed by atoms with E-state index in [9.17, 15) is 26.0 Å². The third kappa shape index (κ3) is 4.00. The molecule has 0 radical (unpaired) electrons. The van der Waals surface area contributed by atoms with Crippen molar-refractivity contribution in [2.75, 3.05) is 6.61 Å². The summed E-state index contributed by atoms with van der Waals surface area (Å²) in [4.78, 5) is -0.441. The van der Waals surface area contributed by atoms with Gasteiger partial charge in [-0.05, 0) is 18.2 Å². The lowest BCUT2D eigenvalue weighted by atomic mass is 10.2. The summed E-state index contributed by atoms with van der Waals surface area (Å²) in [5.74, 6) is -3.58. The fourth-order valence-electron chi connectivity index (χ4n) is 2.25. The quantitative estimate of drug-likeness (QED) is 0.771. The molecule has 1 aromatic heterocycles. The van der Waals surface area contributed by atoms with Crippen molar-refractivity contribution in [1.29, 1.82) is 0 Å². The van der Waals surface area contributed by atoms with E-state index >= 15 is 0 Å². The van der Waals surface area contributed by atoms with Gasteiger partial charge in [-0.25, -0.2) is 31.1 Å². The molecule has 1 heterocycles. The zero-order valence-corrected chi connectivity index (χ0v) is 13.8. The molecule has 1 atom stereocenters. The van der Waals surface area contributed by atoms with Crippen LogP contribution in [0, 0.1) is 0 Å². The van der Waals surface area contributed by atoms with E-state index in [1.165, 1.54) is 18.2 Å². The second-order valence-electron chi connectivity index (χ2n) is 5.14. The van der Waals surface area contributed by atoms with Crippen molar-refractivity contribution in [3.63, 3.8) is 0 Å². The highest BCUT2D eigenvalue weighted by molar-refractivity contribution is 7.89. The fourth-order valence-corrected chi connectivity index (χ4v) is 3.15. The Labute approximate surface area is 140 Å². The van der Waals surface area contributed by atoms with Crippen molar-refractivity contribution >= 4 is 32.5 Å². The molecular formula is C13H13ClF4N2O3S. The van der Waals surface area contributed by atoms with E-state index in [0.29, 0.717) is 6.92 Å². The molecule has 1 unspecified atom stereocenters. The Morgan fingerprint density at radius 3 is 2.50 bits per heavy atom. The Morgan fingerprint density at radius 1 is 1.38 bits per heavy atom. The maximum absolute atomic E-state index is 13.9. The Balaban J connectivity index is 2.70. The SMILES string of the molecule is CC(F)(F)C(OCC(F)F)n1cc(S(N)(=O)=O)c2ccc(Cl)cc21. The number of primary sulfonamides is 1. The normalized spacial score (nSPS) is 14.5. The van der Waals surface area contributed by atoms with Gasteiger partial charge in [-0.15, -0.1) is 0 Å². The molecule has 2 N–H and O–H groups in total. The molecule has 0 saturated heterocycles. The summed E-state index contributed by atoms with van der Waals surface area (Å²) in [6.07, 6.45) is -4.31. The van der Waals surface area contributed by atoms with E-state index in [2.05, 4.69) is 4.74 Å². The Kier molecular flexibility index (Phi) is 5.14. The molecular weight excluding hydrogens is 376 g/mol. The molecule has 0 aliphatic heterocycles. The van der Waals surface area contributed by atoms with Crippen LogP contribution in [0.1, 0.15) is 13.2 Å². The van der Waals surface area contributed by atoms with Gasteiger partial charge in [0.25, 0.3) is 12.3 Å². The first kappa shape index (κ1) is 19.0. The number of hydrogen-bond acceptors (Lipinski definition) is 3. The molecule has 0 spiro atoms. The minimum atomic E-state index is -4.24. The maximum Gasteiger partial charge on any atom is 0.289 e. The number of sulfonamides is 1. The molecule has 0 fully saturated rings. The van der Waals surface area contributed by atoms with Crippen LogP contribution in [0.4, 0.5) is 17.6 Å². The lowest BCUT2D eigenvalue weighted by molar-refractivity contribution is -0.176. The van der Waals surface area contributed by atoms with Crippen LogP contribution in [0.2, 0.25) is 5.02 Å². The monoisotopic (exact) mass is 388 g/mol. The highest BCUT2D eigenvalue weighted by atomic mass is 35.5. The van der Waals surface area contributed by atoms with Gasteiger partial charge in [0.05, 0.1) is 5.52 Å². The Bertz CT molecular complexity index is 849. The second-order valence-corrected chi connectivity index (χ2v) is 7.11. The van der Waals surface area contributed by atoms with Crippen molar-refractivity contribution in [3.05, 3.63) is 29.4 Å². The van der Waals surface area contributed by atoms with Crippen LogP contribution in [0.5, 0.6) is 0 Å². The third-order valence-corrected chi connectivity index (χ3v) is 4.31. The van der Waals surface area contributed by atoms with Crippen molar-refractivity contribution in [3.8, 4) is 0 Å². The lowest BCUT2D eigenvalue weighted by Crippen LogP contribution is -2.31. The van der Waals surface area contributed by atoms with Gasteiger partial charge in [0.15, 0.2) is 6.23 Å². The summed E-state index contributed by atoms with van der Waals surface area (Å²) in [7, 11) is -4.24. The van der Waals surface area contributed by atoms with Gasteiger partial charge < -0.3 is 9.30 Å². The topological polar surface area (TPSA) is 74.3 Å². The molecule has 0 aliphatic rings. The summed E-state index contributed by atoms with van der Waals surface area (Å²) >= 11 is 5.82. The Morgan fingerprint density at radius 2 is 2.00 bits per heavy atom. The number of rotatable bonds is 6. The molecule has 2 aromatic rings. The molecule has 0 saturated carbocycles. The number of aromatic nitrogens is 1. The minimum Gasteiger partial charge on any atom is -0.346 e. The smallest absolute Gasteiger partial charge is 0.289 e. The van der Waals surface area contributed by atoms with Crippen LogP contribution >= 0.6 is 11.6 Å². The summed E-state index contributed by atoms with van der Waals surface area (Å²) in [6.45, 7) is -0.783. The van der Waals surface area contributed by atoms with Gasteiger partial charge in [-0.3, -0.25) is 0 Å². The number of nitrogens with zero attached hydrogens (tertiary/aromatic N) is 1. The van der Waals surface area contributed by atoms with Gasteiger partial charge >= 0.3 is 0 Å². The third-order valence-electron chi connectivity index (χ3n) is 3.13. The first-order valence-corrected chi connectivity index (χ1v) is 8.44. The number of nitrogens with two attached hydrogens (primary N) is 1. The summed E-state index contributed by atoms with van der Waals surface area (Å²) in [5.41, 5.74) is -0.0349. The van der Waals surface area contributed by atoms with E-state index in [4.69, 9.17) is 16.7 Å². The van der Waals surface area contributed by atoms with E-state index in [1.54, 1.807) is 0 Å². The highest BCUT2D eigenvalue weighted by Gasteiger charge is 2.39. The fraction of sp³-hybridized carbons (Fsp3) is 0.385. The van der Waals surface area contributed by atoms with Gasteiger partial charge in [0.1, 0.15) is 11.5 Å². The first-order chi connectivity index (χ1) is 10.9. The molecule has 24 heavy (non-hydrogen) atoms. The number of halogens is 5. The number of ether oxygens (including phenoxy) is 1. The lowest BCUT2D eigenvalue weighted by Gasteiger charge is -2.26. The van der Waals surface area contributed by atoms with Crippen LogP contribution < -0.4 is 5.14 Å². The van der Waals surface area contributed by atoms with Crippen molar-refractivity contribution in [2.24, 2.45) is 5.14 Å². The van der Waals surface area contributed by atoms with Gasteiger partial charge in [-0.1, -0.05) is 11.6 Å². The highest BCUT2D eigenvalue weighted by Crippen LogP contribution is 2.36. The largest absolute Gasteiger partial charge is 0.346 e. The van der Waals surface area contributed by atoms with Gasteiger partial charge in [-0.2, -0.15) is 0 Å². The number of fused-ring (bicyclic) bond motifs is 1. The predicted octanol–water partition coefficient (Wildman–Crippen LogP) is 3.38. The second kappa shape index (κ2) is 6.51. The van der Waals surface area contributed by atoms with Gasteiger partial charge in [0, 0.05) is 23.5 Å². The summed E-state index contributed by atoms with van der Waals surface area (Å²) < 4.78 is 81.1. The number of alkyl halides is 4. The number of hydrogen-bond donors (Lipinski definition) is 1. The van der Waals surface area contributed by atoms with Crippen molar-refractivity contribution < 1.29 is 30.7 Å². The van der Waals surface area contributed by atoms with Gasteiger partial charge in [0.2, 0.25) is 10.0 Å². The van der Waals surface area contributed by atoms with E-state index in [0.717, 1.165) is 10.8 Å². The van der Waals surface area contributed by atoms with Crippen molar-refractivity contribution in [1.82, 2.24) is 4.57 Å². The van der Waals surface area contributed by atoms with Crippen LogP contribution in [-0.2, 0) is 14.8 Å². The molecule has 0 amide bonds. The van der Waals surface area contributed by atoms with E-state index < -0.39 is 40.1 Å². The Hall–Kier alpha value is -1.36. The average molecular weight is 389 g/mol. The van der Waals surface area contributed by atoms with Crippen LogP contribution in [0.15, 0.2) is 29.3 Å². The van der Waals surface area contributed by atoms with Crippen LogP contribution in [0.3, 0.4) is 0 Å². The van der Waals surface area contributed by atoms with Crippen LogP contribution in [0.25, 0.3) is 10.9 Å². The molecule has 2 rings (SSSR count). The molecule has 5 nitrogen and oxygen atoms in total. The zero-order valence-electron chi connectivity index (χ0n) is 12.2. The molecule has 1 aromatic carbocycles. The molecule has 134 valence electrons. The molecule has 0 aliphatic carbocycles. The molecule has 11 heteroatoms. The first-order valence-electron chi connectivity index (χ1n) is 6.51. The predicted molar refractivity (Wildman–Crippen MR) is 79.9 cm³/mol. The summed E-state index contributed by atoms with van der Waals surface area (Å²) in [5, 5.41) is 5.24. The molecule has 0 bridgehead atoms. The zero-order chi connectivity index (χ0) is 18.3. The summed E-state index contributed by atoms with van der Waals surface area (Å²) in [6, 6.07) is 3.85. The van der Waals surface area contributed by atoms with E-state index in [1.807, 2.05) is 0 Å². The van der Waals surface area contributed by atoms with Crippen molar-refractivity contribution in [2.45, 2.75) is 30.4 Å². The average Bonchev–Trinajstić information content (AvgIpc) is 2.75. The van der Waals surface area contributed by atoms with E-state index in [-0.39, 0.29) is 15.9 Å². The maximum atomic E-state index is 13.9. The number of benzene rings is 1. The van der Waals surface area contributed by atoms with Crippen LogP contribution in [-0.4, -0.2) is 31.9 Å². The standard InChI is InChI=1S/C13H13ClF4N2O3S/c1-13(17,18)12(23-6-11(15)16)20-5-10(24(19,21)22)8-3-2-7(14)4-9(8)20/h2-5,11-12H,6H2,1H3,(H2,19,21,22).